The molecule has 9 heteroatoms. The fourth-order valence-electron chi connectivity index (χ4n) is 4.35. The highest BCUT2D eigenvalue weighted by Gasteiger charge is 2.27. The number of halogens is 3. The van der Waals surface area contributed by atoms with Gasteiger partial charge < -0.3 is 14.4 Å². The van der Waals surface area contributed by atoms with Gasteiger partial charge in [-0.05, 0) is 30.3 Å². The first-order valence-corrected chi connectivity index (χ1v) is 11.6. The summed E-state index contributed by atoms with van der Waals surface area (Å²) in [5.41, 5.74) is 0.311. The number of carbonyl (C=O) groups is 1. The molecule has 0 bridgehead atoms. The number of carbonyl (C=O) groups excluding carboxylic acids is 1. The van der Waals surface area contributed by atoms with Crippen molar-refractivity contribution in [2.24, 2.45) is 0 Å². The van der Waals surface area contributed by atoms with Crippen LogP contribution in [0.4, 0.5) is 13.2 Å². The maximum Gasteiger partial charge on any atom is 0.254 e. The molecule has 1 amide bonds. The van der Waals surface area contributed by atoms with E-state index in [4.69, 9.17) is 9.47 Å². The molecule has 0 radical (unpaired) electrons. The molecule has 4 rings (SSSR count). The maximum absolute atomic E-state index is 14.1. The van der Waals surface area contributed by atoms with E-state index in [0.29, 0.717) is 52.5 Å². The van der Waals surface area contributed by atoms with Crippen LogP contribution in [0, 0.1) is 17.5 Å². The van der Waals surface area contributed by atoms with E-state index in [-0.39, 0.29) is 29.7 Å². The molecule has 0 N–H and O–H groups in total. The second-order valence-corrected chi connectivity index (χ2v) is 8.64. The highest BCUT2D eigenvalue weighted by atomic mass is 19.1. The molecule has 2 fully saturated rings. The van der Waals surface area contributed by atoms with Gasteiger partial charge in [-0.2, -0.15) is 0 Å². The van der Waals surface area contributed by atoms with Crippen molar-refractivity contribution >= 4 is 5.91 Å². The van der Waals surface area contributed by atoms with Crippen molar-refractivity contribution in [2.45, 2.75) is 12.6 Å². The predicted octanol–water partition coefficient (Wildman–Crippen LogP) is 2.78. The van der Waals surface area contributed by atoms with Crippen LogP contribution in [-0.4, -0.2) is 92.3 Å². The molecule has 1 unspecified atom stereocenters. The molecule has 6 nitrogen and oxygen atoms in total. The predicted molar refractivity (Wildman–Crippen MR) is 121 cm³/mol. The molecule has 1 atom stereocenters. The minimum atomic E-state index is -0.573. The van der Waals surface area contributed by atoms with E-state index >= 15 is 0 Å². The van der Waals surface area contributed by atoms with E-state index in [1.807, 2.05) is 4.90 Å². The normalized spacial score (nSPS) is 19.8. The van der Waals surface area contributed by atoms with Gasteiger partial charge in [0.15, 0.2) is 0 Å². The topological polar surface area (TPSA) is 45.2 Å². The lowest BCUT2D eigenvalue weighted by molar-refractivity contribution is -0.0448. The number of nitrogens with zero attached hydrogens (tertiary/aromatic N) is 3. The van der Waals surface area contributed by atoms with Crippen LogP contribution in [0.3, 0.4) is 0 Å². The Morgan fingerprint density at radius 2 is 1.68 bits per heavy atom. The van der Waals surface area contributed by atoms with Crippen molar-refractivity contribution in [3.63, 3.8) is 0 Å². The van der Waals surface area contributed by atoms with Gasteiger partial charge in [0.05, 0.1) is 25.9 Å². The average Bonchev–Trinajstić information content (AvgIpc) is 2.84. The second-order valence-electron chi connectivity index (χ2n) is 8.64. The van der Waals surface area contributed by atoms with Gasteiger partial charge in [0.25, 0.3) is 5.91 Å². The van der Waals surface area contributed by atoms with Gasteiger partial charge in [0, 0.05) is 63.5 Å². The molecule has 34 heavy (non-hydrogen) atoms. The van der Waals surface area contributed by atoms with Crippen LogP contribution < -0.4 is 0 Å². The number of ether oxygens (including phenoxy) is 2. The highest BCUT2D eigenvalue weighted by Crippen LogP contribution is 2.18. The van der Waals surface area contributed by atoms with Crippen LogP contribution >= 0.6 is 0 Å². The maximum atomic E-state index is 14.1. The monoisotopic (exact) mass is 477 g/mol. The first-order chi connectivity index (χ1) is 16.5. The van der Waals surface area contributed by atoms with Crippen LogP contribution in [0.2, 0.25) is 0 Å². The SMILES string of the molecule is O=C(c1cccc(F)c1)N(CCN1CCOCC1)CC1CN(Cc2c(F)cccc2F)CCO1. The highest BCUT2D eigenvalue weighted by molar-refractivity contribution is 5.94. The molecule has 184 valence electrons. The van der Waals surface area contributed by atoms with E-state index < -0.39 is 17.5 Å². The Kier molecular flexibility index (Phi) is 8.55. The summed E-state index contributed by atoms with van der Waals surface area (Å²) in [4.78, 5) is 19.1. The van der Waals surface area contributed by atoms with Gasteiger partial charge in [0.2, 0.25) is 0 Å². The summed E-state index contributed by atoms with van der Waals surface area (Å²) in [5, 5.41) is 0. The minimum absolute atomic E-state index is 0.0307. The summed E-state index contributed by atoms with van der Waals surface area (Å²) >= 11 is 0. The number of morpholine rings is 2. The van der Waals surface area contributed by atoms with Crippen LogP contribution in [0.5, 0.6) is 0 Å². The summed E-state index contributed by atoms with van der Waals surface area (Å²) in [6.45, 7) is 5.82. The van der Waals surface area contributed by atoms with Crippen molar-refractivity contribution < 1.29 is 27.4 Å². The number of rotatable bonds is 8. The smallest absolute Gasteiger partial charge is 0.254 e. The third-order valence-corrected chi connectivity index (χ3v) is 6.24. The summed E-state index contributed by atoms with van der Waals surface area (Å²) in [6.07, 6.45) is -0.328. The zero-order chi connectivity index (χ0) is 23.9. The van der Waals surface area contributed by atoms with Gasteiger partial charge in [0.1, 0.15) is 17.5 Å². The molecule has 2 aromatic carbocycles. The lowest BCUT2D eigenvalue weighted by Crippen LogP contribution is -2.50. The summed E-state index contributed by atoms with van der Waals surface area (Å²) in [5.74, 6) is -1.88. The van der Waals surface area contributed by atoms with E-state index in [1.54, 1.807) is 11.0 Å². The van der Waals surface area contributed by atoms with E-state index in [0.717, 1.165) is 13.1 Å². The molecule has 2 aromatic rings. The Morgan fingerprint density at radius 1 is 0.971 bits per heavy atom. The molecule has 2 heterocycles. The van der Waals surface area contributed by atoms with Crippen molar-refractivity contribution in [2.75, 3.05) is 65.6 Å². The number of hydrogen-bond donors (Lipinski definition) is 0. The molecule has 0 aromatic heterocycles. The van der Waals surface area contributed by atoms with Gasteiger partial charge in [-0.25, -0.2) is 13.2 Å². The minimum Gasteiger partial charge on any atom is -0.379 e. The van der Waals surface area contributed by atoms with Crippen molar-refractivity contribution in [3.05, 3.63) is 71.0 Å². The van der Waals surface area contributed by atoms with Gasteiger partial charge in [-0.1, -0.05) is 12.1 Å². The van der Waals surface area contributed by atoms with Crippen molar-refractivity contribution in [1.29, 1.82) is 0 Å². The first kappa shape index (κ1) is 24.7. The zero-order valence-electron chi connectivity index (χ0n) is 19.1. The number of hydrogen-bond acceptors (Lipinski definition) is 5. The molecule has 2 aliphatic heterocycles. The number of benzene rings is 2. The van der Waals surface area contributed by atoms with Crippen LogP contribution in [-0.2, 0) is 16.0 Å². The zero-order valence-corrected chi connectivity index (χ0v) is 19.1. The van der Waals surface area contributed by atoms with Crippen molar-refractivity contribution in [3.8, 4) is 0 Å². The van der Waals surface area contributed by atoms with Gasteiger partial charge in [-0.15, -0.1) is 0 Å². The van der Waals surface area contributed by atoms with Crippen molar-refractivity contribution in [1.82, 2.24) is 14.7 Å². The molecule has 0 aliphatic carbocycles. The first-order valence-electron chi connectivity index (χ1n) is 11.6. The summed E-state index contributed by atoms with van der Waals surface area (Å²) in [6, 6.07) is 9.51. The van der Waals surface area contributed by atoms with Gasteiger partial charge >= 0.3 is 0 Å². The fourth-order valence-corrected chi connectivity index (χ4v) is 4.35. The molecule has 0 spiro atoms. The Morgan fingerprint density at radius 3 is 2.41 bits per heavy atom. The third kappa shape index (κ3) is 6.56. The summed E-state index contributed by atoms with van der Waals surface area (Å²) < 4.78 is 53.3. The van der Waals surface area contributed by atoms with Gasteiger partial charge in [-0.3, -0.25) is 14.6 Å². The lowest BCUT2D eigenvalue weighted by Gasteiger charge is -2.37. The van der Waals surface area contributed by atoms with Crippen LogP contribution in [0.25, 0.3) is 0 Å². The molecule has 2 saturated heterocycles. The second kappa shape index (κ2) is 11.8. The standard InChI is InChI=1S/C25H30F3N3O3/c26-20-4-1-3-19(15-20)25(32)31(8-7-29-9-12-33-13-10-29)17-21-16-30(11-14-34-21)18-22-23(27)5-2-6-24(22)28/h1-6,15,21H,7-14,16-18H2. The Hall–Kier alpha value is -2.46. The molecular weight excluding hydrogens is 447 g/mol. The van der Waals surface area contributed by atoms with E-state index in [2.05, 4.69) is 4.90 Å². The fraction of sp³-hybridized carbons (Fsp3) is 0.480. The Labute approximate surface area is 197 Å². The summed E-state index contributed by atoms with van der Waals surface area (Å²) in [7, 11) is 0. The van der Waals surface area contributed by atoms with Crippen LogP contribution in [0.15, 0.2) is 42.5 Å². The quantitative estimate of drug-likeness (QED) is 0.585. The largest absolute Gasteiger partial charge is 0.379 e. The molecule has 0 saturated carbocycles. The van der Waals surface area contributed by atoms with E-state index in [9.17, 15) is 18.0 Å². The third-order valence-electron chi connectivity index (χ3n) is 6.24. The Bertz CT molecular complexity index is 951. The molecular formula is C25H30F3N3O3. The number of amides is 1. The Balaban J connectivity index is 1.43. The average molecular weight is 478 g/mol. The lowest BCUT2D eigenvalue weighted by atomic mass is 10.1. The van der Waals surface area contributed by atoms with E-state index in [1.165, 1.54) is 36.4 Å². The van der Waals surface area contributed by atoms with Crippen LogP contribution in [0.1, 0.15) is 15.9 Å². The molecule has 2 aliphatic rings.